The van der Waals surface area contributed by atoms with Gasteiger partial charge in [-0.05, 0) is 62.1 Å². The van der Waals surface area contributed by atoms with Crippen LogP contribution in [0.1, 0.15) is 41.6 Å². The Hall–Kier alpha value is -2.11. The van der Waals surface area contributed by atoms with E-state index in [-0.39, 0.29) is 46.1 Å². The maximum atomic E-state index is 13.0. The molecule has 2 aromatic carbocycles. The number of hydrogen-bond acceptors (Lipinski definition) is 5. The molecule has 33 heavy (non-hydrogen) atoms. The second-order valence-corrected chi connectivity index (χ2v) is 12.6. The second kappa shape index (κ2) is 9.27. The van der Waals surface area contributed by atoms with Crippen LogP contribution >= 0.6 is 11.6 Å². The van der Waals surface area contributed by atoms with Gasteiger partial charge in [0.15, 0.2) is 19.7 Å². The Morgan fingerprint density at radius 3 is 2.21 bits per heavy atom. The molecule has 0 spiro atoms. The first kappa shape index (κ1) is 25.5. The second-order valence-electron chi connectivity index (χ2n) is 7.93. The Bertz CT molecular complexity index is 1270. The third-order valence-corrected chi connectivity index (χ3v) is 9.16. The van der Waals surface area contributed by atoms with Gasteiger partial charge in [-0.3, -0.25) is 4.79 Å². The number of benzene rings is 2. The van der Waals surface area contributed by atoms with Crippen LogP contribution in [0.25, 0.3) is 0 Å². The predicted molar refractivity (Wildman–Crippen MR) is 117 cm³/mol. The van der Waals surface area contributed by atoms with E-state index in [0.29, 0.717) is 6.07 Å². The largest absolute Gasteiger partial charge is 0.416 e. The van der Waals surface area contributed by atoms with E-state index in [4.69, 9.17) is 11.6 Å². The van der Waals surface area contributed by atoms with Crippen LogP contribution in [0.2, 0.25) is 5.02 Å². The number of carbonyl (C=O) groups excluding carboxylic acids is 1. The van der Waals surface area contributed by atoms with Gasteiger partial charge in [-0.1, -0.05) is 17.7 Å². The highest BCUT2D eigenvalue weighted by Crippen LogP contribution is 2.34. The minimum Gasteiger partial charge on any atom is -0.349 e. The maximum absolute atomic E-state index is 13.0. The van der Waals surface area contributed by atoms with Crippen molar-refractivity contribution in [3.8, 4) is 0 Å². The van der Waals surface area contributed by atoms with E-state index in [0.717, 1.165) is 24.5 Å². The summed E-state index contributed by atoms with van der Waals surface area (Å²) < 4.78 is 88.6. The average molecular weight is 524 g/mol. The lowest BCUT2D eigenvalue weighted by molar-refractivity contribution is -0.137. The molecule has 0 atom stereocenters. The zero-order valence-electron chi connectivity index (χ0n) is 17.4. The van der Waals surface area contributed by atoms with Crippen molar-refractivity contribution in [3.05, 3.63) is 58.6 Å². The summed E-state index contributed by atoms with van der Waals surface area (Å²) in [6.45, 7) is 0. The standard InChI is InChI=1S/C21H21ClF3NO5S2/c1-32(28,29)19-12-14(22)5-10-18(19)20(27)26-15-6-8-16(9-7-15)33(30,31)17-4-2-3-13(11-17)21(23,24)25/h2-5,10-12,15-16H,6-9H2,1H3,(H,26,27). The van der Waals surface area contributed by atoms with Crippen molar-refractivity contribution in [3.63, 3.8) is 0 Å². The average Bonchev–Trinajstić information content (AvgIpc) is 2.73. The lowest BCUT2D eigenvalue weighted by atomic mass is 9.94. The molecule has 180 valence electrons. The zero-order valence-corrected chi connectivity index (χ0v) is 19.8. The fraction of sp³-hybridized carbons (Fsp3) is 0.381. The van der Waals surface area contributed by atoms with Crippen LogP contribution in [0.3, 0.4) is 0 Å². The lowest BCUT2D eigenvalue weighted by Gasteiger charge is -2.29. The van der Waals surface area contributed by atoms with E-state index in [2.05, 4.69) is 5.32 Å². The number of alkyl halides is 3. The van der Waals surface area contributed by atoms with E-state index in [1.165, 1.54) is 18.2 Å². The van der Waals surface area contributed by atoms with Gasteiger partial charge in [0.05, 0.1) is 26.2 Å². The number of nitrogens with one attached hydrogen (secondary N) is 1. The number of carbonyl (C=O) groups is 1. The molecule has 1 amide bonds. The molecule has 2 aromatic rings. The Labute approximate surface area is 195 Å². The predicted octanol–water partition coefficient (Wildman–Crippen LogP) is 4.28. The van der Waals surface area contributed by atoms with Crippen LogP contribution in [0.5, 0.6) is 0 Å². The molecule has 0 aromatic heterocycles. The van der Waals surface area contributed by atoms with Crippen LogP contribution in [-0.4, -0.2) is 40.3 Å². The molecule has 0 radical (unpaired) electrons. The SMILES string of the molecule is CS(=O)(=O)c1cc(Cl)ccc1C(=O)NC1CCC(S(=O)(=O)c2cccc(C(F)(F)F)c2)CC1. The lowest BCUT2D eigenvalue weighted by Crippen LogP contribution is -2.40. The molecular formula is C21H21ClF3NO5S2. The van der Waals surface area contributed by atoms with Gasteiger partial charge in [0.25, 0.3) is 5.91 Å². The first-order chi connectivity index (χ1) is 15.2. The summed E-state index contributed by atoms with van der Waals surface area (Å²) in [5.74, 6) is -0.628. The molecular weight excluding hydrogens is 503 g/mol. The van der Waals surface area contributed by atoms with Gasteiger partial charge in [-0.15, -0.1) is 0 Å². The summed E-state index contributed by atoms with van der Waals surface area (Å²) in [7, 11) is -7.71. The number of hydrogen-bond donors (Lipinski definition) is 1. The van der Waals surface area contributed by atoms with Crippen molar-refractivity contribution in [1.82, 2.24) is 5.32 Å². The summed E-state index contributed by atoms with van der Waals surface area (Å²) in [4.78, 5) is 12.1. The first-order valence-corrected chi connectivity index (χ1v) is 13.7. The third-order valence-electron chi connectivity index (χ3n) is 5.53. The minimum absolute atomic E-state index is 0.0689. The van der Waals surface area contributed by atoms with Gasteiger partial charge >= 0.3 is 6.18 Å². The molecule has 0 unspecified atom stereocenters. The molecule has 0 aliphatic heterocycles. The summed E-state index contributed by atoms with van der Waals surface area (Å²) in [6, 6.07) is 7.13. The van der Waals surface area contributed by atoms with Crippen molar-refractivity contribution in [2.24, 2.45) is 0 Å². The van der Waals surface area contributed by atoms with E-state index in [9.17, 15) is 34.8 Å². The number of sulfone groups is 2. The molecule has 1 saturated carbocycles. The van der Waals surface area contributed by atoms with Crippen molar-refractivity contribution < 1.29 is 34.8 Å². The molecule has 1 fully saturated rings. The normalized spacial score (nSPS) is 19.8. The molecule has 1 N–H and O–H groups in total. The summed E-state index contributed by atoms with van der Waals surface area (Å²) in [6.07, 6.45) is -2.86. The molecule has 6 nitrogen and oxygen atoms in total. The van der Waals surface area contributed by atoms with Crippen LogP contribution < -0.4 is 5.32 Å². The number of halogens is 4. The topological polar surface area (TPSA) is 97.4 Å². The molecule has 3 rings (SSSR count). The van der Waals surface area contributed by atoms with Crippen LogP contribution in [0.15, 0.2) is 52.3 Å². The zero-order chi connectivity index (χ0) is 24.6. The van der Waals surface area contributed by atoms with Gasteiger partial charge < -0.3 is 5.32 Å². The Morgan fingerprint density at radius 1 is 1.00 bits per heavy atom. The number of amides is 1. The van der Waals surface area contributed by atoms with E-state index < -0.39 is 48.6 Å². The first-order valence-electron chi connectivity index (χ1n) is 9.91. The van der Waals surface area contributed by atoms with Crippen LogP contribution in [0, 0.1) is 0 Å². The maximum Gasteiger partial charge on any atom is 0.416 e. The van der Waals surface area contributed by atoms with E-state index >= 15 is 0 Å². The highest BCUT2D eigenvalue weighted by molar-refractivity contribution is 7.92. The van der Waals surface area contributed by atoms with Crippen LogP contribution in [-0.2, 0) is 25.9 Å². The van der Waals surface area contributed by atoms with Gasteiger partial charge in [0.1, 0.15) is 0 Å². The third kappa shape index (κ3) is 5.88. The Balaban J connectivity index is 1.70. The highest BCUT2D eigenvalue weighted by atomic mass is 35.5. The number of rotatable bonds is 5. The van der Waals surface area contributed by atoms with Crippen molar-refractivity contribution >= 4 is 37.2 Å². The van der Waals surface area contributed by atoms with E-state index in [1.54, 1.807) is 0 Å². The van der Waals surface area contributed by atoms with Gasteiger partial charge in [-0.2, -0.15) is 13.2 Å². The monoisotopic (exact) mass is 523 g/mol. The quantitative estimate of drug-likeness (QED) is 0.631. The summed E-state index contributed by atoms with van der Waals surface area (Å²) >= 11 is 5.85. The molecule has 1 aliphatic carbocycles. The van der Waals surface area contributed by atoms with Crippen molar-refractivity contribution in [1.29, 1.82) is 0 Å². The molecule has 1 aliphatic rings. The Morgan fingerprint density at radius 2 is 1.64 bits per heavy atom. The highest BCUT2D eigenvalue weighted by Gasteiger charge is 2.36. The fourth-order valence-corrected chi connectivity index (χ4v) is 6.79. The van der Waals surface area contributed by atoms with Crippen LogP contribution in [0.4, 0.5) is 13.2 Å². The van der Waals surface area contributed by atoms with Gasteiger partial charge in [-0.25, -0.2) is 16.8 Å². The van der Waals surface area contributed by atoms with E-state index in [1.807, 2.05) is 0 Å². The fourth-order valence-electron chi connectivity index (χ4n) is 3.81. The smallest absolute Gasteiger partial charge is 0.349 e. The molecule has 0 bridgehead atoms. The van der Waals surface area contributed by atoms with Crippen molar-refractivity contribution in [2.45, 2.75) is 52.9 Å². The minimum atomic E-state index is -4.65. The van der Waals surface area contributed by atoms with Gasteiger partial charge in [0, 0.05) is 17.3 Å². The molecule has 0 saturated heterocycles. The Kier molecular flexibility index (Phi) is 7.16. The van der Waals surface area contributed by atoms with Crippen molar-refractivity contribution in [2.75, 3.05) is 6.26 Å². The molecule has 12 heteroatoms. The summed E-state index contributed by atoms with van der Waals surface area (Å²) in [5.41, 5.74) is -1.10. The molecule has 0 heterocycles. The van der Waals surface area contributed by atoms with Gasteiger partial charge in [0.2, 0.25) is 0 Å². The summed E-state index contributed by atoms with van der Waals surface area (Å²) in [5, 5.41) is 2.00.